The van der Waals surface area contributed by atoms with Crippen LogP contribution in [0.1, 0.15) is 24.5 Å². The molecule has 0 saturated carbocycles. The van der Waals surface area contributed by atoms with Crippen LogP contribution < -0.4 is 5.32 Å². The van der Waals surface area contributed by atoms with Gasteiger partial charge in [-0.15, -0.1) is 11.8 Å². The maximum Gasteiger partial charge on any atom is 0.126 e. The van der Waals surface area contributed by atoms with Crippen molar-refractivity contribution < 1.29 is 0 Å². The molecule has 1 N–H and O–H groups in total. The molecule has 2 nitrogen and oxygen atoms in total. The van der Waals surface area contributed by atoms with E-state index in [1.54, 1.807) is 0 Å². The highest BCUT2D eigenvalue weighted by molar-refractivity contribution is 7.98. The van der Waals surface area contributed by atoms with Gasteiger partial charge >= 0.3 is 0 Å². The van der Waals surface area contributed by atoms with Gasteiger partial charge in [-0.05, 0) is 42.7 Å². The summed E-state index contributed by atoms with van der Waals surface area (Å²) in [5.41, 5.74) is 2.65. The summed E-state index contributed by atoms with van der Waals surface area (Å²) in [6, 6.07) is 12.7. The molecule has 0 fully saturated rings. The number of pyridine rings is 1. The zero-order valence-corrected chi connectivity index (χ0v) is 12.3. The second kappa shape index (κ2) is 7.19. The SMILES string of the molecule is CCCNc1cc(CSc2ccccc2C)ccn1. The Hall–Kier alpha value is -1.48. The second-order valence-electron chi connectivity index (χ2n) is 4.53. The molecule has 100 valence electrons. The first-order valence-corrected chi connectivity index (χ1v) is 7.65. The molecule has 0 amide bonds. The van der Waals surface area contributed by atoms with Crippen LogP contribution in [0.4, 0.5) is 5.82 Å². The van der Waals surface area contributed by atoms with Gasteiger partial charge in [0.15, 0.2) is 0 Å². The van der Waals surface area contributed by atoms with E-state index in [2.05, 4.69) is 60.5 Å². The molecule has 0 atom stereocenters. The van der Waals surface area contributed by atoms with Gasteiger partial charge in [0.1, 0.15) is 5.82 Å². The van der Waals surface area contributed by atoms with Crippen LogP contribution >= 0.6 is 11.8 Å². The van der Waals surface area contributed by atoms with Crippen molar-refractivity contribution >= 4 is 17.6 Å². The third kappa shape index (κ3) is 4.28. The monoisotopic (exact) mass is 272 g/mol. The predicted octanol–water partition coefficient (Wildman–Crippen LogP) is 4.50. The summed E-state index contributed by atoms with van der Waals surface area (Å²) in [5, 5.41) is 3.32. The Labute approximate surface area is 119 Å². The summed E-state index contributed by atoms with van der Waals surface area (Å²) in [5.74, 6) is 1.96. The van der Waals surface area contributed by atoms with Crippen LogP contribution in [0.3, 0.4) is 0 Å². The number of anilines is 1. The standard InChI is InChI=1S/C16H20N2S/c1-3-9-17-16-11-14(8-10-18-16)12-19-15-7-5-4-6-13(15)2/h4-8,10-11H,3,9,12H2,1-2H3,(H,17,18). The second-order valence-corrected chi connectivity index (χ2v) is 5.55. The van der Waals surface area contributed by atoms with Crippen LogP contribution in [-0.2, 0) is 5.75 Å². The maximum absolute atomic E-state index is 4.33. The van der Waals surface area contributed by atoms with Crippen LogP contribution in [0.25, 0.3) is 0 Å². The van der Waals surface area contributed by atoms with E-state index in [1.807, 2.05) is 18.0 Å². The number of rotatable bonds is 6. The van der Waals surface area contributed by atoms with Crippen LogP contribution in [0, 0.1) is 6.92 Å². The van der Waals surface area contributed by atoms with E-state index in [9.17, 15) is 0 Å². The number of aryl methyl sites for hydroxylation is 1. The largest absolute Gasteiger partial charge is 0.370 e. The number of thioether (sulfide) groups is 1. The smallest absolute Gasteiger partial charge is 0.126 e. The molecule has 0 spiro atoms. The first-order chi connectivity index (χ1) is 9.29. The molecule has 0 unspecified atom stereocenters. The molecule has 1 aromatic heterocycles. The van der Waals surface area contributed by atoms with Crippen molar-refractivity contribution in [1.82, 2.24) is 4.98 Å². The lowest BCUT2D eigenvalue weighted by Crippen LogP contribution is -2.01. The Morgan fingerprint density at radius 2 is 2.05 bits per heavy atom. The molecular weight excluding hydrogens is 252 g/mol. The van der Waals surface area contributed by atoms with Gasteiger partial charge in [0.05, 0.1) is 0 Å². The number of hydrogen-bond acceptors (Lipinski definition) is 3. The average Bonchev–Trinajstić information content (AvgIpc) is 2.45. The minimum atomic E-state index is 0.974. The fraction of sp³-hybridized carbons (Fsp3) is 0.312. The molecule has 1 aromatic carbocycles. The third-order valence-electron chi connectivity index (χ3n) is 2.87. The summed E-state index contributed by atoms with van der Waals surface area (Å²) in [7, 11) is 0. The van der Waals surface area contributed by atoms with Crippen LogP contribution in [-0.4, -0.2) is 11.5 Å². The van der Waals surface area contributed by atoms with E-state index >= 15 is 0 Å². The van der Waals surface area contributed by atoms with E-state index in [-0.39, 0.29) is 0 Å². The zero-order valence-electron chi connectivity index (χ0n) is 11.5. The van der Waals surface area contributed by atoms with Crippen molar-refractivity contribution in [3.05, 3.63) is 53.7 Å². The van der Waals surface area contributed by atoms with Crippen molar-refractivity contribution in [1.29, 1.82) is 0 Å². The van der Waals surface area contributed by atoms with Gasteiger partial charge in [0.2, 0.25) is 0 Å². The summed E-state index contributed by atoms with van der Waals surface area (Å²) in [4.78, 5) is 5.68. The number of benzene rings is 1. The Bertz CT molecular complexity index is 526. The Morgan fingerprint density at radius 3 is 2.84 bits per heavy atom. The molecule has 0 bridgehead atoms. The van der Waals surface area contributed by atoms with Gasteiger partial charge in [0, 0.05) is 23.4 Å². The van der Waals surface area contributed by atoms with Gasteiger partial charge in [-0.3, -0.25) is 0 Å². The van der Waals surface area contributed by atoms with E-state index < -0.39 is 0 Å². The molecule has 0 aliphatic heterocycles. The Balaban J connectivity index is 1.98. The number of nitrogens with one attached hydrogen (secondary N) is 1. The number of hydrogen-bond donors (Lipinski definition) is 1. The topological polar surface area (TPSA) is 24.9 Å². The molecule has 19 heavy (non-hydrogen) atoms. The quantitative estimate of drug-likeness (QED) is 0.783. The van der Waals surface area contributed by atoms with Gasteiger partial charge in [-0.1, -0.05) is 25.1 Å². The molecule has 3 heteroatoms. The van der Waals surface area contributed by atoms with Gasteiger partial charge in [0.25, 0.3) is 0 Å². The van der Waals surface area contributed by atoms with Crippen molar-refractivity contribution in [2.75, 3.05) is 11.9 Å². The molecule has 1 heterocycles. The maximum atomic E-state index is 4.33. The molecule has 2 rings (SSSR count). The zero-order chi connectivity index (χ0) is 13.5. The van der Waals surface area contributed by atoms with Crippen LogP contribution in [0.2, 0.25) is 0 Å². The lowest BCUT2D eigenvalue weighted by atomic mass is 10.2. The van der Waals surface area contributed by atoms with Gasteiger partial charge < -0.3 is 5.32 Å². The van der Waals surface area contributed by atoms with E-state index in [1.165, 1.54) is 16.0 Å². The van der Waals surface area contributed by atoms with Crippen molar-refractivity contribution in [3.63, 3.8) is 0 Å². The minimum absolute atomic E-state index is 0.974. The molecule has 0 aliphatic rings. The van der Waals surface area contributed by atoms with Crippen molar-refractivity contribution in [3.8, 4) is 0 Å². The van der Waals surface area contributed by atoms with E-state index in [0.717, 1.165) is 24.5 Å². The molecule has 0 radical (unpaired) electrons. The summed E-state index contributed by atoms with van der Waals surface area (Å²) in [6.45, 7) is 5.29. The first-order valence-electron chi connectivity index (χ1n) is 6.67. The van der Waals surface area contributed by atoms with Crippen LogP contribution in [0.5, 0.6) is 0 Å². The Kier molecular flexibility index (Phi) is 5.28. The fourth-order valence-corrected chi connectivity index (χ4v) is 2.77. The third-order valence-corrected chi connectivity index (χ3v) is 4.12. The lowest BCUT2D eigenvalue weighted by molar-refractivity contribution is 0.968. The molecular formula is C16H20N2S. The predicted molar refractivity (Wildman–Crippen MR) is 83.8 cm³/mol. The average molecular weight is 272 g/mol. The summed E-state index contributed by atoms with van der Waals surface area (Å²) < 4.78 is 0. The van der Waals surface area contributed by atoms with Crippen LogP contribution in [0.15, 0.2) is 47.5 Å². The molecule has 2 aromatic rings. The highest BCUT2D eigenvalue weighted by Gasteiger charge is 2.01. The van der Waals surface area contributed by atoms with E-state index in [4.69, 9.17) is 0 Å². The van der Waals surface area contributed by atoms with E-state index in [0.29, 0.717) is 0 Å². The number of aromatic nitrogens is 1. The molecule has 0 aliphatic carbocycles. The highest BCUT2D eigenvalue weighted by atomic mass is 32.2. The molecule has 0 saturated heterocycles. The lowest BCUT2D eigenvalue weighted by Gasteiger charge is -2.07. The highest BCUT2D eigenvalue weighted by Crippen LogP contribution is 2.26. The Morgan fingerprint density at radius 1 is 1.21 bits per heavy atom. The van der Waals surface area contributed by atoms with Gasteiger partial charge in [-0.25, -0.2) is 4.98 Å². The fourth-order valence-electron chi connectivity index (χ4n) is 1.79. The van der Waals surface area contributed by atoms with Gasteiger partial charge in [-0.2, -0.15) is 0 Å². The normalized spacial score (nSPS) is 10.4. The first kappa shape index (κ1) is 13.9. The minimum Gasteiger partial charge on any atom is -0.370 e. The van der Waals surface area contributed by atoms with Crippen molar-refractivity contribution in [2.24, 2.45) is 0 Å². The summed E-state index contributed by atoms with van der Waals surface area (Å²) in [6.07, 6.45) is 3.00. The number of nitrogens with zero attached hydrogens (tertiary/aromatic N) is 1. The van der Waals surface area contributed by atoms with Crippen molar-refractivity contribution in [2.45, 2.75) is 30.9 Å². The summed E-state index contributed by atoms with van der Waals surface area (Å²) >= 11 is 1.88.